The third kappa shape index (κ3) is 3.57. The van der Waals surface area contributed by atoms with E-state index >= 15 is 0 Å². The molecule has 0 spiro atoms. The summed E-state index contributed by atoms with van der Waals surface area (Å²) in [7, 11) is 0. The zero-order valence-corrected chi connectivity index (χ0v) is 14.0. The molecular formula is C18H22N2OS. The monoisotopic (exact) mass is 314 g/mol. The number of carbonyl (C=O) groups is 1. The van der Waals surface area contributed by atoms with Crippen molar-refractivity contribution in [3.63, 3.8) is 0 Å². The largest absolute Gasteiger partial charge is 0.335 e. The molecule has 116 valence electrons. The van der Waals surface area contributed by atoms with E-state index in [4.69, 9.17) is 0 Å². The molecule has 3 nitrogen and oxygen atoms in total. The summed E-state index contributed by atoms with van der Waals surface area (Å²) in [6.45, 7) is 8.68. The second kappa shape index (κ2) is 6.63. The van der Waals surface area contributed by atoms with Crippen LogP contribution in [0, 0.1) is 13.8 Å². The summed E-state index contributed by atoms with van der Waals surface area (Å²) in [5.74, 6) is 0.188. The number of carbonyl (C=O) groups excluding carboxylic acids is 1. The molecule has 1 aliphatic rings. The van der Waals surface area contributed by atoms with Crippen molar-refractivity contribution in [3.8, 4) is 0 Å². The van der Waals surface area contributed by atoms with E-state index in [2.05, 4.69) is 36.1 Å². The van der Waals surface area contributed by atoms with Crippen LogP contribution in [0.2, 0.25) is 0 Å². The highest BCUT2D eigenvalue weighted by Gasteiger charge is 2.22. The molecule has 22 heavy (non-hydrogen) atoms. The predicted octanol–water partition coefficient (Wildman–Crippen LogP) is 3.32. The fourth-order valence-electron chi connectivity index (χ4n) is 2.88. The number of rotatable bonds is 3. The van der Waals surface area contributed by atoms with Crippen molar-refractivity contribution in [2.45, 2.75) is 20.4 Å². The summed E-state index contributed by atoms with van der Waals surface area (Å²) < 4.78 is 0. The fraction of sp³-hybridized carbons (Fsp3) is 0.389. The Kier molecular flexibility index (Phi) is 4.60. The number of benzene rings is 1. The van der Waals surface area contributed by atoms with Crippen LogP contribution in [-0.2, 0) is 6.54 Å². The number of aryl methyl sites for hydroxylation is 2. The topological polar surface area (TPSA) is 23.6 Å². The maximum Gasteiger partial charge on any atom is 0.264 e. The second-order valence-corrected chi connectivity index (χ2v) is 7.26. The van der Waals surface area contributed by atoms with Crippen molar-refractivity contribution in [2.75, 3.05) is 26.2 Å². The van der Waals surface area contributed by atoms with Gasteiger partial charge in [-0.1, -0.05) is 29.8 Å². The number of thiophene rings is 1. The van der Waals surface area contributed by atoms with Crippen molar-refractivity contribution >= 4 is 17.2 Å². The summed E-state index contributed by atoms with van der Waals surface area (Å²) in [6, 6.07) is 12.6. The Balaban J connectivity index is 1.55. The van der Waals surface area contributed by atoms with E-state index < -0.39 is 0 Å². The zero-order chi connectivity index (χ0) is 15.5. The lowest BCUT2D eigenvalue weighted by atomic mass is 10.1. The lowest BCUT2D eigenvalue weighted by molar-refractivity contribution is 0.0633. The van der Waals surface area contributed by atoms with Gasteiger partial charge < -0.3 is 4.90 Å². The third-order valence-corrected chi connectivity index (χ3v) is 5.09. The quantitative estimate of drug-likeness (QED) is 0.867. The maximum atomic E-state index is 12.4. The summed E-state index contributed by atoms with van der Waals surface area (Å²) in [4.78, 5) is 18.9. The molecule has 2 aromatic rings. The van der Waals surface area contributed by atoms with Crippen molar-refractivity contribution in [2.24, 2.45) is 0 Å². The van der Waals surface area contributed by atoms with Crippen molar-refractivity contribution < 1.29 is 4.79 Å². The first-order chi connectivity index (χ1) is 10.6. The van der Waals surface area contributed by atoms with Crippen LogP contribution in [0.1, 0.15) is 25.7 Å². The van der Waals surface area contributed by atoms with Gasteiger partial charge in [-0.05, 0) is 31.5 Å². The number of nitrogens with zero attached hydrogens (tertiary/aromatic N) is 2. The SMILES string of the molecule is Cc1cccc(CN2CCN(C(=O)c3ccc(C)s3)CC2)c1. The molecule has 2 heterocycles. The van der Waals surface area contributed by atoms with Crippen LogP contribution >= 0.6 is 11.3 Å². The Bertz CT molecular complexity index is 657. The van der Waals surface area contributed by atoms with Gasteiger partial charge in [-0.3, -0.25) is 9.69 Å². The van der Waals surface area contributed by atoms with Gasteiger partial charge in [0.25, 0.3) is 5.91 Å². The standard InChI is InChI=1S/C18H22N2OS/c1-14-4-3-5-16(12-14)13-19-8-10-20(11-9-19)18(21)17-7-6-15(2)22-17/h3-7,12H,8-11,13H2,1-2H3. The number of hydrogen-bond donors (Lipinski definition) is 0. The molecule has 1 aromatic heterocycles. The molecule has 0 radical (unpaired) electrons. The lowest BCUT2D eigenvalue weighted by Gasteiger charge is -2.34. The summed E-state index contributed by atoms with van der Waals surface area (Å²) >= 11 is 1.59. The summed E-state index contributed by atoms with van der Waals surface area (Å²) in [5, 5.41) is 0. The van der Waals surface area contributed by atoms with Gasteiger partial charge in [-0.2, -0.15) is 0 Å². The molecule has 3 rings (SSSR count). The molecule has 1 amide bonds. The van der Waals surface area contributed by atoms with Crippen LogP contribution in [-0.4, -0.2) is 41.9 Å². The Hall–Kier alpha value is -1.65. The molecule has 0 atom stereocenters. The van der Waals surface area contributed by atoms with E-state index in [1.54, 1.807) is 11.3 Å². The zero-order valence-electron chi connectivity index (χ0n) is 13.2. The van der Waals surface area contributed by atoms with Gasteiger partial charge in [0.15, 0.2) is 0 Å². The van der Waals surface area contributed by atoms with Crippen LogP contribution in [0.5, 0.6) is 0 Å². The molecule has 1 saturated heterocycles. The Morgan fingerprint density at radius 3 is 2.50 bits per heavy atom. The van der Waals surface area contributed by atoms with Crippen LogP contribution in [0.25, 0.3) is 0 Å². The molecule has 0 saturated carbocycles. The van der Waals surface area contributed by atoms with Crippen molar-refractivity contribution in [1.29, 1.82) is 0 Å². The van der Waals surface area contributed by atoms with Crippen molar-refractivity contribution in [1.82, 2.24) is 9.80 Å². The first-order valence-corrected chi connectivity index (χ1v) is 8.57. The first kappa shape index (κ1) is 15.3. The van der Waals surface area contributed by atoms with Gasteiger partial charge in [0.05, 0.1) is 4.88 Å². The average molecular weight is 314 g/mol. The van der Waals surface area contributed by atoms with Gasteiger partial charge in [-0.15, -0.1) is 11.3 Å². The third-order valence-electron chi connectivity index (χ3n) is 4.10. The molecule has 0 unspecified atom stereocenters. The first-order valence-electron chi connectivity index (χ1n) is 7.75. The van der Waals surface area contributed by atoms with Crippen LogP contribution in [0.3, 0.4) is 0 Å². The van der Waals surface area contributed by atoms with Gasteiger partial charge in [0.2, 0.25) is 0 Å². The summed E-state index contributed by atoms with van der Waals surface area (Å²) in [6.07, 6.45) is 0. The Labute approximate surface area is 136 Å². The summed E-state index contributed by atoms with van der Waals surface area (Å²) in [5.41, 5.74) is 2.66. The number of hydrogen-bond acceptors (Lipinski definition) is 3. The number of piperazine rings is 1. The van der Waals surface area contributed by atoms with Crippen LogP contribution < -0.4 is 0 Å². The predicted molar refractivity (Wildman–Crippen MR) is 91.4 cm³/mol. The van der Waals surface area contributed by atoms with E-state index in [9.17, 15) is 4.79 Å². The fourth-order valence-corrected chi connectivity index (χ4v) is 3.72. The average Bonchev–Trinajstić information content (AvgIpc) is 2.94. The normalized spacial score (nSPS) is 16.0. The van der Waals surface area contributed by atoms with Crippen LogP contribution in [0.4, 0.5) is 0 Å². The van der Waals surface area contributed by atoms with E-state index in [1.807, 2.05) is 24.0 Å². The number of amides is 1. The minimum Gasteiger partial charge on any atom is -0.335 e. The second-order valence-electron chi connectivity index (χ2n) is 5.97. The highest BCUT2D eigenvalue weighted by atomic mass is 32.1. The van der Waals surface area contributed by atoms with E-state index in [0.29, 0.717) is 0 Å². The van der Waals surface area contributed by atoms with Gasteiger partial charge >= 0.3 is 0 Å². The van der Waals surface area contributed by atoms with Crippen LogP contribution in [0.15, 0.2) is 36.4 Å². The minimum atomic E-state index is 0.188. The maximum absolute atomic E-state index is 12.4. The molecule has 0 bridgehead atoms. The minimum absolute atomic E-state index is 0.188. The Morgan fingerprint density at radius 1 is 1.09 bits per heavy atom. The molecule has 4 heteroatoms. The Morgan fingerprint density at radius 2 is 1.86 bits per heavy atom. The molecule has 1 aromatic carbocycles. The van der Waals surface area contributed by atoms with Gasteiger partial charge in [0, 0.05) is 37.6 Å². The van der Waals surface area contributed by atoms with Gasteiger partial charge in [-0.25, -0.2) is 0 Å². The molecule has 0 N–H and O–H groups in total. The smallest absolute Gasteiger partial charge is 0.264 e. The van der Waals surface area contributed by atoms with Crippen molar-refractivity contribution in [3.05, 3.63) is 57.3 Å². The van der Waals surface area contributed by atoms with E-state index in [0.717, 1.165) is 37.6 Å². The molecule has 0 aliphatic carbocycles. The lowest BCUT2D eigenvalue weighted by Crippen LogP contribution is -2.48. The highest BCUT2D eigenvalue weighted by Crippen LogP contribution is 2.18. The molecule has 1 aliphatic heterocycles. The molecular weight excluding hydrogens is 292 g/mol. The van der Waals surface area contributed by atoms with E-state index in [-0.39, 0.29) is 5.91 Å². The molecule has 1 fully saturated rings. The van der Waals surface area contributed by atoms with E-state index in [1.165, 1.54) is 16.0 Å². The van der Waals surface area contributed by atoms with Gasteiger partial charge in [0.1, 0.15) is 0 Å². The highest BCUT2D eigenvalue weighted by molar-refractivity contribution is 7.13.